The molecule has 2 heteroatoms. The zero-order chi connectivity index (χ0) is 13.5. The van der Waals surface area contributed by atoms with Crippen LogP contribution < -0.4 is 10.2 Å². The summed E-state index contributed by atoms with van der Waals surface area (Å²) in [5, 5.41) is 3.61. The van der Waals surface area contributed by atoms with Crippen molar-refractivity contribution in [1.29, 1.82) is 0 Å². The van der Waals surface area contributed by atoms with Crippen molar-refractivity contribution in [3.63, 3.8) is 0 Å². The Morgan fingerprint density at radius 3 is 2.68 bits per heavy atom. The topological polar surface area (TPSA) is 15.3 Å². The summed E-state index contributed by atoms with van der Waals surface area (Å²) in [6.07, 6.45) is 5.34. The van der Waals surface area contributed by atoms with Crippen LogP contribution in [0.3, 0.4) is 0 Å². The minimum atomic E-state index is 0.320. The van der Waals surface area contributed by atoms with E-state index in [1.54, 1.807) is 0 Å². The fraction of sp³-hybridized carbons (Fsp3) is 0.647. The molecule has 1 aromatic carbocycles. The van der Waals surface area contributed by atoms with Crippen LogP contribution in [0.15, 0.2) is 18.2 Å². The Morgan fingerprint density at radius 1 is 1.32 bits per heavy atom. The molecule has 0 aromatic heterocycles. The molecule has 2 fully saturated rings. The van der Waals surface area contributed by atoms with Crippen molar-refractivity contribution in [3.05, 3.63) is 29.3 Å². The first-order valence-electron chi connectivity index (χ1n) is 7.67. The molecule has 2 nitrogen and oxygen atoms in total. The highest BCUT2D eigenvalue weighted by atomic mass is 15.2. The Balaban J connectivity index is 1.74. The van der Waals surface area contributed by atoms with E-state index in [0.717, 1.165) is 12.6 Å². The first kappa shape index (κ1) is 13.0. The zero-order valence-corrected chi connectivity index (χ0v) is 12.5. The van der Waals surface area contributed by atoms with Gasteiger partial charge in [0.2, 0.25) is 0 Å². The predicted molar refractivity (Wildman–Crippen MR) is 81.7 cm³/mol. The van der Waals surface area contributed by atoms with E-state index >= 15 is 0 Å². The normalized spacial score (nSPS) is 21.9. The monoisotopic (exact) mass is 258 g/mol. The lowest BCUT2D eigenvalue weighted by molar-refractivity contribution is 0.518. The van der Waals surface area contributed by atoms with Gasteiger partial charge >= 0.3 is 0 Å². The van der Waals surface area contributed by atoms with Gasteiger partial charge in [0.25, 0.3) is 0 Å². The molecule has 1 aliphatic carbocycles. The van der Waals surface area contributed by atoms with Crippen molar-refractivity contribution in [2.75, 3.05) is 11.4 Å². The summed E-state index contributed by atoms with van der Waals surface area (Å²) in [5.74, 6) is 0. The minimum absolute atomic E-state index is 0.320. The molecule has 1 saturated heterocycles. The van der Waals surface area contributed by atoms with Gasteiger partial charge in [-0.15, -0.1) is 0 Å². The van der Waals surface area contributed by atoms with E-state index in [0.29, 0.717) is 5.54 Å². The molecular formula is C17H26N2. The molecule has 0 bridgehead atoms. The fourth-order valence-electron chi connectivity index (χ4n) is 3.17. The van der Waals surface area contributed by atoms with Crippen molar-refractivity contribution >= 4 is 5.69 Å². The number of anilines is 1. The first-order chi connectivity index (χ1) is 9.06. The van der Waals surface area contributed by atoms with Gasteiger partial charge in [-0.3, -0.25) is 0 Å². The lowest BCUT2D eigenvalue weighted by Crippen LogP contribution is -2.38. The molecule has 2 aliphatic rings. The summed E-state index contributed by atoms with van der Waals surface area (Å²) in [7, 11) is 0. The van der Waals surface area contributed by atoms with Gasteiger partial charge in [-0.05, 0) is 69.7 Å². The molecule has 1 aliphatic heterocycles. The highest BCUT2D eigenvalue weighted by Crippen LogP contribution is 2.34. The zero-order valence-electron chi connectivity index (χ0n) is 12.5. The van der Waals surface area contributed by atoms with E-state index in [1.165, 1.54) is 49.0 Å². The summed E-state index contributed by atoms with van der Waals surface area (Å²) < 4.78 is 0. The highest BCUT2D eigenvalue weighted by Gasteiger charge is 2.32. The van der Waals surface area contributed by atoms with Gasteiger partial charge in [0.1, 0.15) is 0 Å². The van der Waals surface area contributed by atoms with Crippen LogP contribution in [-0.2, 0) is 6.54 Å². The average molecular weight is 258 g/mol. The molecular weight excluding hydrogens is 232 g/mol. The molecule has 1 saturated carbocycles. The maximum atomic E-state index is 3.61. The lowest BCUT2D eigenvalue weighted by atomic mass is 10.0. The summed E-state index contributed by atoms with van der Waals surface area (Å²) in [6, 6.07) is 7.78. The van der Waals surface area contributed by atoms with Gasteiger partial charge in [0.05, 0.1) is 0 Å². The van der Waals surface area contributed by atoms with Crippen LogP contribution in [0.1, 0.15) is 50.7 Å². The van der Waals surface area contributed by atoms with E-state index < -0.39 is 0 Å². The van der Waals surface area contributed by atoms with Crippen molar-refractivity contribution in [3.8, 4) is 0 Å². The third-order valence-electron chi connectivity index (χ3n) is 4.70. The van der Waals surface area contributed by atoms with Crippen LogP contribution in [0.2, 0.25) is 0 Å². The first-order valence-corrected chi connectivity index (χ1v) is 7.67. The van der Waals surface area contributed by atoms with Crippen molar-refractivity contribution in [2.45, 2.75) is 64.6 Å². The van der Waals surface area contributed by atoms with Crippen LogP contribution in [0.4, 0.5) is 5.69 Å². The maximum absolute atomic E-state index is 3.61. The van der Waals surface area contributed by atoms with Crippen molar-refractivity contribution < 1.29 is 0 Å². The summed E-state index contributed by atoms with van der Waals surface area (Å²) >= 11 is 0. The van der Waals surface area contributed by atoms with Gasteiger partial charge in [0, 0.05) is 30.4 Å². The largest absolute Gasteiger partial charge is 0.366 e. The number of rotatable bonds is 4. The highest BCUT2D eigenvalue weighted by molar-refractivity contribution is 5.53. The molecule has 1 N–H and O–H groups in total. The van der Waals surface area contributed by atoms with Gasteiger partial charge in [-0.1, -0.05) is 6.07 Å². The van der Waals surface area contributed by atoms with Gasteiger partial charge < -0.3 is 10.2 Å². The lowest BCUT2D eigenvalue weighted by Gasteiger charge is -2.34. The molecule has 0 spiro atoms. The standard InChI is InChI=1S/C17H26N2/c1-13-11-16(19-10-4-9-17(19,2)3)8-5-14(13)12-18-15-6-7-15/h5,8,11,15,18H,4,6-7,9-10,12H2,1-3H3. The average Bonchev–Trinajstić information content (AvgIpc) is 3.11. The number of benzene rings is 1. The number of nitrogens with one attached hydrogen (secondary N) is 1. The second kappa shape index (κ2) is 4.82. The Morgan fingerprint density at radius 2 is 2.11 bits per heavy atom. The minimum Gasteiger partial charge on any atom is -0.366 e. The van der Waals surface area contributed by atoms with Crippen LogP contribution in [-0.4, -0.2) is 18.1 Å². The molecule has 0 radical (unpaired) electrons. The second-order valence-electron chi connectivity index (χ2n) is 6.83. The predicted octanol–water partition coefficient (Wildman–Crippen LogP) is 3.63. The Bertz CT molecular complexity index is 460. The van der Waals surface area contributed by atoms with E-state index in [1.807, 2.05) is 0 Å². The quantitative estimate of drug-likeness (QED) is 0.887. The molecule has 0 atom stereocenters. The van der Waals surface area contributed by atoms with E-state index in [-0.39, 0.29) is 0 Å². The van der Waals surface area contributed by atoms with Gasteiger partial charge in [-0.2, -0.15) is 0 Å². The van der Waals surface area contributed by atoms with Crippen LogP contribution >= 0.6 is 0 Å². The van der Waals surface area contributed by atoms with Crippen LogP contribution in [0.5, 0.6) is 0 Å². The molecule has 0 unspecified atom stereocenters. The number of nitrogens with zero attached hydrogens (tertiary/aromatic N) is 1. The summed E-state index contributed by atoms with van der Waals surface area (Å²) in [4.78, 5) is 2.57. The Kier molecular flexibility index (Phi) is 3.30. The van der Waals surface area contributed by atoms with Crippen LogP contribution in [0.25, 0.3) is 0 Å². The molecule has 19 heavy (non-hydrogen) atoms. The Labute approximate surface area is 117 Å². The number of hydrogen-bond donors (Lipinski definition) is 1. The smallest absolute Gasteiger partial charge is 0.0373 e. The maximum Gasteiger partial charge on any atom is 0.0373 e. The molecule has 0 amide bonds. The molecule has 1 aromatic rings. The summed E-state index contributed by atoms with van der Waals surface area (Å²) in [6.45, 7) is 9.19. The number of aryl methyl sites for hydroxylation is 1. The van der Waals surface area contributed by atoms with E-state index in [4.69, 9.17) is 0 Å². The third-order valence-corrected chi connectivity index (χ3v) is 4.70. The van der Waals surface area contributed by atoms with E-state index in [9.17, 15) is 0 Å². The third kappa shape index (κ3) is 2.79. The number of hydrogen-bond acceptors (Lipinski definition) is 2. The second-order valence-corrected chi connectivity index (χ2v) is 6.83. The van der Waals surface area contributed by atoms with Gasteiger partial charge in [0.15, 0.2) is 0 Å². The Hall–Kier alpha value is -1.02. The van der Waals surface area contributed by atoms with E-state index in [2.05, 4.69) is 49.2 Å². The van der Waals surface area contributed by atoms with Crippen molar-refractivity contribution in [2.24, 2.45) is 0 Å². The van der Waals surface area contributed by atoms with Gasteiger partial charge in [-0.25, -0.2) is 0 Å². The van der Waals surface area contributed by atoms with Crippen molar-refractivity contribution in [1.82, 2.24) is 5.32 Å². The SMILES string of the molecule is Cc1cc(N2CCCC2(C)C)ccc1CNC1CC1. The molecule has 104 valence electrons. The molecule has 1 heterocycles. The fourth-order valence-corrected chi connectivity index (χ4v) is 3.17. The van der Waals surface area contributed by atoms with Crippen LogP contribution in [0, 0.1) is 6.92 Å². The molecule has 3 rings (SSSR count). The summed E-state index contributed by atoms with van der Waals surface area (Å²) in [5.41, 5.74) is 4.59.